The number of nitrogens with two attached hydrogens (primary N) is 1. The second-order valence-corrected chi connectivity index (χ2v) is 4.64. The number of hydrogen-bond acceptors (Lipinski definition) is 5. The molecule has 0 radical (unpaired) electrons. The van der Waals surface area contributed by atoms with Gasteiger partial charge in [0.1, 0.15) is 0 Å². The third-order valence-electron chi connectivity index (χ3n) is 3.04. The lowest BCUT2D eigenvalue weighted by atomic mass is 10.3. The predicted molar refractivity (Wildman–Crippen MR) is 70.8 cm³/mol. The molecule has 19 heavy (non-hydrogen) atoms. The van der Waals surface area contributed by atoms with Crippen LogP contribution in [0.5, 0.6) is 0 Å². The first kappa shape index (κ1) is 13.4. The Bertz CT molecular complexity index is 474. The molecule has 0 saturated carbocycles. The van der Waals surface area contributed by atoms with Crippen LogP contribution in [0.4, 0.5) is 11.4 Å². The van der Waals surface area contributed by atoms with E-state index in [9.17, 15) is 14.9 Å². The summed E-state index contributed by atoms with van der Waals surface area (Å²) in [4.78, 5) is 23.8. The SMILES string of the molecule is N[C@@H]1CCN(CC(=O)Nc2ccc([N+](=O)[O-])cc2)C1. The zero-order valence-corrected chi connectivity index (χ0v) is 10.4. The fraction of sp³-hybridized carbons (Fsp3) is 0.417. The van der Waals surface area contributed by atoms with Crippen LogP contribution >= 0.6 is 0 Å². The highest BCUT2D eigenvalue weighted by atomic mass is 16.6. The van der Waals surface area contributed by atoms with E-state index >= 15 is 0 Å². The zero-order chi connectivity index (χ0) is 13.8. The van der Waals surface area contributed by atoms with Crippen LogP contribution in [0.25, 0.3) is 0 Å². The van der Waals surface area contributed by atoms with Gasteiger partial charge < -0.3 is 11.1 Å². The van der Waals surface area contributed by atoms with Crippen molar-refractivity contribution in [2.45, 2.75) is 12.5 Å². The van der Waals surface area contributed by atoms with Crippen molar-refractivity contribution in [1.82, 2.24) is 4.90 Å². The van der Waals surface area contributed by atoms with Crippen LogP contribution in [-0.4, -0.2) is 41.4 Å². The number of carbonyl (C=O) groups excluding carboxylic acids is 1. The summed E-state index contributed by atoms with van der Waals surface area (Å²) in [5.41, 5.74) is 6.32. The van der Waals surface area contributed by atoms with Crippen LogP contribution in [0.15, 0.2) is 24.3 Å². The van der Waals surface area contributed by atoms with Gasteiger partial charge in [-0.2, -0.15) is 0 Å². The van der Waals surface area contributed by atoms with Crippen LogP contribution in [-0.2, 0) is 4.79 Å². The Morgan fingerprint density at radius 3 is 2.68 bits per heavy atom. The molecule has 0 unspecified atom stereocenters. The van der Waals surface area contributed by atoms with Gasteiger partial charge in [0.15, 0.2) is 0 Å². The summed E-state index contributed by atoms with van der Waals surface area (Å²) in [5, 5.41) is 13.2. The number of rotatable bonds is 4. The molecule has 1 aromatic carbocycles. The molecule has 1 aromatic rings. The van der Waals surface area contributed by atoms with E-state index in [1.807, 2.05) is 4.90 Å². The van der Waals surface area contributed by atoms with E-state index < -0.39 is 4.92 Å². The van der Waals surface area contributed by atoms with Crippen molar-refractivity contribution in [3.05, 3.63) is 34.4 Å². The van der Waals surface area contributed by atoms with Crippen molar-refractivity contribution in [2.24, 2.45) is 5.73 Å². The number of nitrogens with zero attached hydrogens (tertiary/aromatic N) is 2. The number of nitro benzene ring substituents is 1. The summed E-state index contributed by atoms with van der Waals surface area (Å²) in [6.07, 6.45) is 0.908. The molecule has 1 fully saturated rings. The normalized spacial score (nSPS) is 19.3. The first-order chi connectivity index (χ1) is 9.04. The summed E-state index contributed by atoms with van der Waals surface area (Å²) < 4.78 is 0. The number of carbonyl (C=O) groups is 1. The number of non-ortho nitro benzene ring substituents is 1. The Morgan fingerprint density at radius 2 is 2.16 bits per heavy atom. The first-order valence-electron chi connectivity index (χ1n) is 6.07. The molecule has 7 nitrogen and oxygen atoms in total. The fourth-order valence-electron chi connectivity index (χ4n) is 2.08. The van der Waals surface area contributed by atoms with Gasteiger partial charge in [-0.1, -0.05) is 0 Å². The van der Waals surface area contributed by atoms with Crippen molar-refractivity contribution in [2.75, 3.05) is 25.0 Å². The van der Waals surface area contributed by atoms with E-state index in [1.165, 1.54) is 24.3 Å². The van der Waals surface area contributed by atoms with Crippen molar-refractivity contribution in [3.63, 3.8) is 0 Å². The van der Waals surface area contributed by atoms with Crippen molar-refractivity contribution in [1.29, 1.82) is 0 Å². The Kier molecular flexibility index (Phi) is 4.08. The van der Waals surface area contributed by atoms with Crippen molar-refractivity contribution < 1.29 is 9.72 Å². The number of benzene rings is 1. The van der Waals surface area contributed by atoms with Crippen LogP contribution in [0.3, 0.4) is 0 Å². The molecule has 102 valence electrons. The number of nitro groups is 1. The number of nitrogens with one attached hydrogen (secondary N) is 1. The lowest BCUT2D eigenvalue weighted by Gasteiger charge is -2.14. The van der Waals surface area contributed by atoms with E-state index in [0.717, 1.165) is 19.5 Å². The molecule has 7 heteroatoms. The van der Waals surface area contributed by atoms with Gasteiger partial charge in [-0.05, 0) is 18.6 Å². The maximum Gasteiger partial charge on any atom is 0.269 e. The van der Waals surface area contributed by atoms with Gasteiger partial charge >= 0.3 is 0 Å². The Hall–Kier alpha value is -1.99. The largest absolute Gasteiger partial charge is 0.326 e. The Balaban J connectivity index is 1.86. The molecule has 0 aliphatic carbocycles. The monoisotopic (exact) mass is 264 g/mol. The average Bonchev–Trinajstić information content (AvgIpc) is 2.75. The number of likely N-dealkylation sites (tertiary alicyclic amines) is 1. The summed E-state index contributed by atoms with van der Waals surface area (Å²) in [5.74, 6) is -0.136. The lowest BCUT2D eigenvalue weighted by Crippen LogP contribution is -2.33. The minimum atomic E-state index is -0.475. The second-order valence-electron chi connectivity index (χ2n) is 4.64. The summed E-state index contributed by atoms with van der Waals surface area (Å²) in [6.45, 7) is 1.85. The molecule has 0 spiro atoms. The smallest absolute Gasteiger partial charge is 0.269 e. The van der Waals surface area contributed by atoms with Crippen LogP contribution < -0.4 is 11.1 Å². The van der Waals surface area contributed by atoms with Gasteiger partial charge in [0, 0.05) is 37.0 Å². The minimum Gasteiger partial charge on any atom is -0.326 e. The lowest BCUT2D eigenvalue weighted by molar-refractivity contribution is -0.384. The Labute approximate surface area is 110 Å². The predicted octanol–water partition coefficient (Wildman–Crippen LogP) is 0.566. The molecule has 1 heterocycles. The fourth-order valence-corrected chi connectivity index (χ4v) is 2.08. The molecule has 0 aromatic heterocycles. The highest BCUT2D eigenvalue weighted by molar-refractivity contribution is 5.92. The molecule has 1 aliphatic heterocycles. The van der Waals surface area contributed by atoms with Gasteiger partial charge in [-0.25, -0.2) is 0 Å². The first-order valence-corrected chi connectivity index (χ1v) is 6.07. The quantitative estimate of drug-likeness (QED) is 0.611. The molecule has 1 atom stereocenters. The van der Waals surface area contributed by atoms with Gasteiger partial charge in [0.2, 0.25) is 5.91 Å². The standard InChI is InChI=1S/C12H16N4O3/c13-9-5-6-15(7-9)8-12(17)14-10-1-3-11(4-2-10)16(18)19/h1-4,9H,5-8,13H2,(H,14,17)/t9-/m1/s1. The molecular formula is C12H16N4O3. The summed E-state index contributed by atoms with van der Waals surface area (Å²) in [7, 11) is 0. The van der Waals surface area contributed by atoms with E-state index in [4.69, 9.17) is 5.73 Å². The third-order valence-corrected chi connectivity index (χ3v) is 3.04. The number of hydrogen-bond donors (Lipinski definition) is 2. The highest BCUT2D eigenvalue weighted by Crippen LogP contribution is 2.15. The summed E-state index contributed by atoms with van der Waals surface area (Å²) >= 11 is 0. The Morgan fingerprint density at radius 1 is 1.47 bits per heavy atom. The number of amides is 1. The molecule has 3 N–H and O–H groups in total. The maximum absolute atomic E-state index is 11.8. The number of anilines is 1. The van der Waals surface area contributed by atoms with Gasteiger partial charge in [0.05, 0.1) is 11.5 Å². The average molecular weight is 264 g/mol. The van der Waals surface area contributed by atoms with Crippen molar-refractivity contribution in [3.8, 4) is 0 Å². The van der Waals surface area contributed by atoms with Crippen LogP contribution in [0.2, 0.25) is 0 Å². The van der Waals surface area contributed by atoms with Gasteiger partial charge in [0.25, 0.3) is 5.69 Å². The van der Waals surface area contributed by atoms with E-state index in [0.29, 0.717) is 12.2 Å². The maximum atomic E-state index is 11.8. The van der Waals surface area contributed by atoms with Gasteiger partial charge in [-0.15, -0.1) is 0 Å². The van der Waals surface area contributed by atoms with Crippen LogP contribution in [0.1, 0.15) is 6.42 Å². The van der Waals surface area contributed by atoms with Gasteiger partial charge in [-0.3, -0.25) is 19.8 Å². The molecular weight excluding hydrogens is 248 g/mol. The van der Waals surface area contributed by atoms with E-state index in [1.54, 1.807) is 0 Å². The molecule has 1 amide bonds. The van der Waals surface area contributed by atoms with Crippen LogP contribution in [0, 0.1) is 10.1 Å². The van der Waals surface area contributed by atoms with E-state index in [2.05, 4.69) is 5.32 Å². The van der Waals surface area contributed by atoms with E-state index in [-0.39, 0.29) is 17.6 Å². The minimum absolute atomic E-state index is 0.00326. The topological polar surface area (TPSA) is 102 Å². The summed E-state index contributed by atoms with van der Waals surface area (Å²) in [6, 6.07) is 5.91. The highest BCUT2D eigenvalue weighted by Gasteiger charge is 2.20. The molecule has 1 aliphatic rings. The molecule has 1 saturated heterocycles. The second kappa shape index (κ2) is 5.77. The molecule has 0 bridgehead atoms. The zero-order valence-electron chi connectivity index (χ0n) is 10.4. The third kappa shape index (κ3) is 3.73. The molecule has 2 rings (SSSR count). The van der Waals surface area contributed by atoms with Crippen molar-refractivity contribution >= 4 is 17.3 Å².